The summed E-state index contributed by atoms with van der Waals surface area (Å²) in [7, 11) is 0.342. The molecular formula is C26H35ClN4O3S3. The highest BCUT2D eigenvalue weighted by Gasteiger charge is 2.32. The number of amides is 1. The number of likely N-dealkylation sites (N-methyl/N-ethyl adjacent to an activating group) is 1. The number of fused-ring (bicyclic) bond motifs is 1. The Morgan fingerprint density at radius 2 is 1.86 bits per heavy atom. The normalized spacial score (nSPS) is 16.6. The van der Waals surface area contributed by atoms with E-state index in [2.05, 4.69) is 0 Å². The number of halogens is 1. The van der Waals surface area contributed by atoms with Crippen molar-refractivity contribution in [2.45, 2.75) is 48.4 Å². The minimum atomic E-state index is -3.60. The molecule has 0 radical (unpaired) electrons. The molecule has 3 aromatic rings. The number of carbonyl (C=O) groups excluding carboxylic acids is 1. The molecule has 7 nitrogen and oxygen atoms in total. The fourth-order valence-electron chi connectivity index (χ4n) is 4.53. The molecule has 1 fully saturated rings. The third kappa shape index (κ3) is 6.49. The van der Waals surface area contributed by atoms with Crippen LogP contribution in [0, 0.1) is 0 Å². The third-order valence-corrected chi connectivity index (χ3v) is 10.4. The number of carbonyl (C=O) groups is 1. The summed E-state index contributed by atoms with van der Waals surface area (Å²) in [6.45, 7) is 3.74. The molecular weight excluding hydrogens is 548 g/mol. The number of rotatable bonds is 9. The molecule has 37 heavy (non-hydrogen) atoms. The van der Waals surface area contributed by atoms with Crippen molar-refractivity contribution in [3.05, 3.63) is 48.0 Å². The zero-order valence-corrected chi connectivity index (χ0v) is 25.0. The first-order valence-corrected chi connectivity index (χ1v) is 15.8. The summed E-state index contributed by atoms with van der Waals surface area (Å²) in [5.74, 6) is -0.185. The second-order valence-corrected chi connectivity index (χ2v) is 13.0. The Morgan fingerprint density at radius 3 is 2.51 bits per heavy atom. The maximum Gasteiger partial charge on any atom is 0.260 e. The van der Waals surface area contributed by atoms with E-state index >= 15 is 0 Å². The summed E-state index contributed by atoms with van der Waals surface area (Å²) >= 11 is 3.13. The average Bonchev–Trinajstić information content (AvgIpc) is 3.32. The van der Waals surface area contributed by atoms with Crippen molar-refractivity contribution in [2.75, 3.05) is 44.9 Å². The number of hydrogen-bond donors (Lipinski definition) is 0. The van der Waals surface area contributed by atoms with Gasteiger partial charge < -0.3 is 4.90 Å². The molecule has 2 heterocycles. The number of thioether (sulfide) groups is 1. The van der Waals surface area contributed by atoms with Crippen LogP contribution >= 0.6 is 35.5 Å². The summed E-state index contributed by atoms with van der Waals surface area (Å²) in [5, 5.41) is 0.647. The lowest BCUT2D eigenvalue weighted by Gasteiger charge is -2.34. The van der Waals surface area contributed by atoms with Crippen LogP contribution in [0.2, 0.25) is 0 Å². The Labute approximate surface area is 234 Å². The van der Waals surface area contributed by atoms with Gasteiger partial charge in [-0.15, -0.1) is 24.2 Å². The van der Waals surface area contributed by atoms with Crippen LogP contribution < -0.4 is 4.90 Å². The largest absolute Gasteiger partial charge is 0.308 e. The average molecular weight is 583 g/mol. The number of sulfonamides is 1. The highest BCUT2D eigenvalue weighted by atomic mass is 35.5. The lowest BCUT2D eigenvalue weighted by Crippen LogP contribution is -2.43. The van der Waals surface area contributed by atoms with Crippen molar-refractivity contribution in [1.29, 1.82) is 0 Å². The van der Waals surface area contributed by atoms with Crippen molar-refractivity contribution < 1.29 is 13.2 Å². The molecule has 0 aliphatic carbocycles. The quantitative estimate of drug-likeness (QED) is 0.306. The molecule has 1 saturated heterocycles. The zero-order valence-electron chi connectivity index (χ0n) is 21.7. The Bertz CT molecular complexity index is 1310. The summed E-state index contributed by atoms with van der Waals surface area (Å²) in [6, 6.07) is 12.5. The van der Waals surface area contributed by atoms with Crippen LogP contribution in [-0.4, -0.2) is 74.5 Å². The van der Waals surface area contributed by atoms with Crippen LogP contribution in [0.3, 0.4) is 0 Å². The Morgan fingerprint density at radius 1 is 1.14 bits per heavy atom. The smallest absolute Gasteiger partial charge is 0.260 e. The maximum atomic E-state index is 13.7. The van der Waals surface area contributed by atoms with Crippen molar-refractivity contribution in [3.63, 3.8) is 0 Å². The van der Waals surface area contributed by atoms with Crippen LogP contribution in [0.4, 0.5) is 5.13 Å². The first-order valence-electron chi connectivity index (χ1n) is 12.3. The predicted octanol–water partition coefficient (Wildman–Crippen LogP) is 5.60. The summed E-state index contributed by atoms with van der Waals surface area (Å²) in [6.07, 6.45) is 5.66. The SMILES string of the molecule is CCC1CCCCN1S(=O)(=O)c1ccc(C(=O)N(CCN(C)C)c2nc3c(SC)cccc3s2)cc1.Cl. The van der Waals surface area contributed by atoms with Gasteiger partial charge in [-0.25, -0.2) is 13.4 Å². The molecule has 0 bridgehead atoms. The lowest BCUT2D eigenvalue weighted by atomic mass is 10.0. The first kappa shape index (κ1) is 29.9. The number of para-hydroxylation sites is 1. The van der Waals surface area contributed by atoms with E-state index in [1.54, 1.807) is 45.2 Å². The molecule has 1 atom stereocenters. The van der Waals surface area contributed by atoms with Gasteiger partial charge in [-0.2, -0.15) is 4.31 Å². The third-order valence-electron chi connectivity index (χ3n) is 6.59. The highest BCUT2D eigenvalue weighted by molar-refractivity contribution is 7.98. The molecule has 1 amide bonds. The summed E-state index contributed by atoms with van der Waals surface area (Å²) in [5.41, 5.74) is 1.35. The lowest BCUT2D eigenvalue weighted by molar-refractivity contribution is 0.0985. The van der Waals surface area contributed by atoms with Gasteiger partial charge in [0.2, 0.25) is 10.0 Å². The van der Waals surface area contributed by atoms with Gasteiger partial charge in [-0.05, 0) is 76.0 Å². The van der Waals surface area contributed by atoms with Crippen molar-refractivity contribution in [3.8, 4) is 0 Å². The van der Waals surface area contributed by atoms with Gasteiger partial charge in [0.15, 0.2) is 5.13 Å². The molecule has 1 aliphatic rings. The monoisotopic (exact) mass is 582 g/mol. The highest BCUT2D eigenvalue weighted by Crippen LogP contribution is 2.35. The van der Waals surface area contributed by atoms with E-state index in [-0.39, 0.29) is 29.3 Å². The minimum absolute atomic E-state index is 0. The second-order valence-electron chi connectivity index (χ2n) is 9.26. The number of piperidine rings is 1. The molecule has 11 heteroatoms. The number of benzene rings is 2. The van der Waals surface area contributed by atoms with Crippen LogP contribution in [0.1, 0.15) is 43.0 Å². The minimum Gasteiger partial charge on any atom is -0.308 e. The van der Waals surface area contributed by atoms with Crippen LogP contribution in [-0.2, 0) is 10.0 Å². The number of anilines is 1. The number of nitrogens with zero attached hydrogens (tertiary/aromatic N) is 4. The van der Waals surface area contributed by atoms with Gasteiger partial charge in [0.25, 0.3) is 5.91 Å². The van der Waals surface area contributed by atoms with Gasteiger partial charge in [0, 0.05) is 36.1 Å². The maximum absolute atomic E-state index is 13.7. The summed E-state index contributed by atoms with van der Waals surface area (Å²) in [4.78, 5) is 23.5. The number of hydrogen-bond acceptors (Lipinski definition) is 7. The van der Waals surface area contributed by atoms with Crippen molar-refractivity contribution >= 4 is 66.8 Å². The summed E-state index contributed by atoms with van der Waals surface area (Å²) < 4.78 is 29.4. The predicted molar refractivity (Wildman–Crippen MR) is 157 cm³/mol. The Balaban J connectivity index is 0.00000380. The fourth-order valence-corrected chi connectivity index (χ4v) is 7.95. The van der Waals surface area contributed by atoms with Crippen LogP contribution in [0.15, 0.2) is 52.3 Å². The number of aromatic nitrogens is 1. The van der Waals surface area contributed by atoms with E-state index in [4.69, 9.17) is 4.98 Å². The van der Waals surface area contributed by atoms with Crippen LogP contribution in [0.5, 0.6) is 0 Å². The van der Waals surface area contributed by atoms with E-state index in [9.17, 15) is 13.2 Å². The topological polar surface area (TPSA) is 73.8 Å². The molecule has 2 aromatic carbocycles. The second kappa shape index (κ2) is 12.9. The van der Waals surface area contributed by atoms with Gasteiger partial charge in [-0.1, -0.05) is 30.7 Å². The molecule has 202 valence electrons. The number of thiazole rings is 1. The molecule has 4 rings (SSSR count). The molecule has 0 N–H and O–H groups in total. The van der Waals surface area contributed by atoms with E-state index in [0.717, 1.165) is 40.8 Å². The van der Waals surface area contributed by atoms with Crippen LogP contribution in [0.25, 0.3) is 10.2 Å². The first-order chi connectivity index (χ1) is 17.3. The molecule has 0 saturated carbocycles. The Kier molecular flexibility index (Phi) is 10.4. The van der Waals surface area contributed by atoms with Gasteiger partial charge in [-0.3, -0.25) is 9.69 Å². The van der Waals surface area contributed by atoms with E-state index < -0.39 is 10.0 Å². The van der Waals surface area contributed by atoms with Gasteiger partial charge >= 0.3 is 0 Å². The van der Waals surface area contributed by atoms with Crippen molar-refractivity contribution in [2.24, 2.45) is 0 Å². The fraction of sp³-hybridized carbons (Fsp3) is 0.462. The van der Waals surface area contributed by atoms with E-state index in [1.165, 1.54) is 11.3 Å². The molecule has 1 unspecified atom stereocenters. The van der Waals surface area contributed by atoms with Gasteiger partial charge in [0.05, 0.1) is 15.1 Å². The molecule has 1 aliphatic heterocycles. The van der Waals surface area contributed by atoms with Crippen molar-refractivity contribution in [1.82, 2.24) is 14.2 Å². The standard InChI is InChI=1S/C26H34N4O3S3.ClH/c1-5-20-9-6-7-16-30(20)36(32,33)21-14-12-19(13-15-21)25(31)29(18-17-28(2)3)26-27-24-22(34-4)10-8-11-23(24)35-26;/h8,10-15,20H,5-7,9,16-18H2,1-4H3;1H. The molecule has 1 aromatic heterocycles. The van der Waals surface area contributed by atoms with Gasteiger partial charge in [0.1, 0.15) is 0 Å². The zero-order chi connectivity index (χ0) is 25.9. The molecule has 0 spiro atoms. The Hall–Kier alpha value is -1.69. The van der Waals surface area contributed by atoms with E-state index in [1.807, 2.05) is 50.4 Å². The van der Waals surface area contributed by atoms with E-state index in [0.29, 0.717) is 30.3 Å².